The molecule has 0 spiro atoms. The van der Waals surface area contributed by atoms with Crippen molar-refractivity contribution in [2.45, 2.75) is 99.0 Å². The van der Waals surface area contributed by atoms with E-state index >= 15 is 0 Å². The Hall–Kier alpha value is -0.0400. The highest BCUT2D eigenvalue weighted by Crippen LogP contribution is 2.27. The summed E-state index contributed by atoms with van der Waals surface area (Å²) in [5.74, 6) is 2.52. The van der Waals surface area contributed by atoms with Crippen molar-refractivity contribution in [3.05, 3.63) is 0 Å². The summed E-state index contributed by atoms with van der Waals surface area (Å²) in [7, 11) is 0. The normalized spacial score (nSPS) is 16.4. The van der Waals surface area contributed by atoms with E-state index in [-0.39, 0.29) is 0 Å². The summed E-state index contributed by atoms with van der Waals surface area (Å²) in [5, 5.41) is 0. The van der Waals surface area contributed by atoms with E-state index in [0.29, 0.717) is 6.10 Å². The molecule has 0 radical (unpaired) electrons. The van der Waals surface area contributed by atoms with Gasteiger partial charge in [-0.1, -0.05) is 72.6 Å². The van der Waals surface area contributed by atoms with Crippen LogP contribution < -0.4 is 0 Å². The van der Waals surface area contributed by atoms with Gasteiger partial charge in [0.1, 0.15) is 0 Å². The molecule has 0 N–H and O–H groups in total. The largest absolute Gasteiger partial charge is 0.379 e. The highest BCUT2D eigenvalue weighted by Gasteiger charge is 2.17. The van der Waals surface area contributed by atoms with Crippen molar-refractivity contribution in [2.75, 3.05) is 6.61 Å². The van der Waals surface area contributed by atoms with Gasteiger partial charge in [0.25, 0.3) is 0 Å². The second-order valence-corrected chi connectivity index (χ2v) is 6.76. The Bertz CT molecular complexity index is 200. The van der Waals surface area contributed by atoms with Crippen LogP contribution in [0.1, 0.15) is 92.9 Å². The Morgan fingerprint density at radius 2 is 1.35 bits per heavy atom. The van der Waals surface area contributed by atoms with Gasteiger partial charge in [0.05, 0.1) is 6.10 Å². The van der Waals surface area contributed by atoms with Crippen molar-refractivity contribution in [1.82, 2.24) is 0 Å². The lowest BCUT2D eigenvalue weighted by atomic mass is 9.84. The van der Waals surface area contributed by atoms with Gasteiger partial charge < -0.3 is 4.74 Å². The average Bonchev–Trinajstić information content (AvgIpc) is 2.41. The summed E-state index contributed by atoms with van der Waals surface area (Å²) >= 11 is 0. The average molecular weight is 285 g/mol. The minimum atomic E-state index is 0.433. The van der Waals surface area contributed by atoms with Crippen LogP contribution in [0.3, 0.4) is 0 Å². The molecule has 0 aromatic heterocycles. The molecular weight excluding hydrogens is 244 g/mol. The molecule has 0 amide bonds. The molecule has 1 nitrogen and oxygen atoms in total. The van der Waals surface area contributed by atoms with Gasteiger partial charge in [0.2, 0.25) is 0 Å². The lowest BCUT2D eigenvalue weighted by Crippen LogP contribution is -2.20. The Labute approximate surface area is 128 Å². The van der Waals surface area contributed by atoms with Crippen LogP contribution in [0.5, 0.6) is 0 Å². The molecule has 0 aromatic carbocycles. The van der Waals surface area contributed by atoms with Crippen LogP contribution >= 0.6 is 0 Å². The molecule has 0 bridgehead atoms. The second-order valence-electron chi connectivity index (χ2n) is 6.76. The molecule has 0 heterocycles. The van der Waals surface area contributed by atoms with E-state index in [0.717, 1.165) is 24.4 Å². The third kappa shape index (κ3) is 9.00. The smallest absolute Gasteiger partial charge is 0.0574 e. The summed E-state index contributed by atoms with van der Waals surface area (Å²) in [6.45, 7) is 14.6. The number of rotatable bonds is 13. The fourth-order valence-electron chi connectivity index (χ4n) is 3.28. The quantitative estimate of drug-likeness (QED) is 0.353. The summed E-state index contributed by atoms with van der Waals surface area (Å²) in [5.41, 5.74) is 0. The highest BCUT2D eigenvalue weighted by atomic mass is 16.5. The monoisotopic (exact) mass is 284 g/mol. The molecule has 1 heteroatoms. The lowest BCUT2D eigenvalue weighted by molar-refractivity contribution is 0.0273. The molecule has 20 heavy (non-hydrogen) atoms. The molecule has 3 atom stereocenters. The van der Waals surface area contributed by atoms with Gasteiger partial charge in [0.15, 0.2) is 0 Å². The fraction of sp³-hybridized carbons (Fsp3) is 1.00. The van der Waals surface area contributed by atoms with Crippen LogP contribution in [0.25, 0.3) is 0 Å². The van der Waals surface area contributed by atoms with Crippen LogP contribution in [0, 0.1) is 17.8 Å². The van der Waals surface area contributed by atoms with Gasteiger partial charge in [-0.25, -0.2) is 0 Å². The maximum Gasteiger partial charge on any atom is 0.0574 e. The van der Waals surface area contributed by atoms with Crippen molar-refractivity contribution < 1.29 is 4.74 Å². The first-order chi connectivity index (χ1) is 9.56. The number of hydrogen-bond donors (Lipinski definition) is 0. The Kier molecular flexibility index (Phi) is 12.7. The van der Waals surface area contributed by atoms with Crippen molar-refractivity contribution in [3.8, 4) is 0 Å². The Morgan fingerprint density at radius 1 is 0.750 bits per heavy atom. The van der Waals surface area contributed by atoms with Gasteiger partial charge in [-0.2, -0.15) is 0 Å². The topological polar surface area (TPSA) is 9.23 Å². The lowest BCUT2D eigenvalue weighted by Gasteiger charge is -2.25. The molecule has 0 saturated carbocycles. The number of hydrogen-bond acceptors (Lipinski definition) is 1. The first-order valence-corrected chi connectivity index (χ1v) is 9.18. The summed E-state index contributed by atoms with van der Waals surface area (Å²) in [6, 6.07) is 0. The molecule has 3 unspecified atom stereocenters. The third-order valence-corrected chi connectivity index (χ3v) is 4.89. The molecule has 0 aliphatic heterocycles. The molecular formula is C19H40O. The van der Waals surface area contributed by atoms with Gasteiger partial charge in [0, 0.05) is 6.61 Å². The van der Waals surface area contributed by atoms with E-state index in [1.54, 1.807) is 0 Å². The Balaban J connectivity index is 4.01. The molecule has 0 aliphatic carbocycles. The zero-order valence-electron chi connectivity index (χ0n) is 15.1. The summed E-state index contributed by atoms with van der Waals surface area (Å²) < 4.78 is 5.78. The fourth-order valence-corrected chi connectivity index (χ4v) is 3.28. The van der Waals surface area contributed by atoms with E-state index < -0.39 is 0 Å². The molecule has 0 rings (SSSR count). The molecule has 0 aliphatic rings. The minimum absolute atomic E-state index is 0.433. The van der Waals surface area contributed by atoms with Crippen molar-refractivity contribution in [2.24, 2.45) is 17.8 Å². The maximum absolute atomic E-state index is 5.78. The molecule has 0 fully saturated rings. The zero-order valence-corrected chi connectivity index (χ0v) is 15.1. The van der Waals surface area contributed by atoms with Gasteiger partial charge in [-0.15, -0.1) is 0 Å². The van der Waals surface area contributed by atoms with E-state index in [2.05, 4.69) is 41.5 Å². The van der Waals surface area contributed by atoms with Crippen LogP contribution in [-0.4, -0.2) is 12.7 Å². The van der Waals surface area contributed by atoms with Crippen molar-refractivity contribution in [1.29, 1.82) is 0 Å². The third-order valence-electron chi connectivity index (χ3n) is 4.89. The maximum atomic E-state index is 5.78. The van der Waals surface area contributed by atoms with Crippen LogP contribution in [0.2, 0.25) is 0 Å². The van der Waals surface area contributed by atoms with E-state index in [1.807, 2.05) is 0 Å². The first kappa shape index (κ1) is 20.0. The van der Waals surface area contributed by atoms with Gasteiger partial charge in [-0.3, -0.25) is 0 Å². The molecule has 122 valence electrons. The number of ether oxygens (including phenoxy) is 1. The zero-order chi connectivity index (χ0) is 15.4. The van der Waals surface area contributed by atoms with E-state index in [4.69, 9.17) is 4.74 Å². The van der Waals surface area contributed by atoms with Crippen molar-refractivity contribution in [3.63, 3.8) is 0 Å². The second kappa shape index (κ2) is 12.7. The van der Waals surface area contributed by atoms with E-state index in [9.17, 15) is 0 Å². The molecule has 0 aromatic rings. The summed E-state index contributed by atoms with van der Waals surface area (Å²) in [6.07, 6.45) is 11.4. The Morgan fingerprint density at radius 3 is 1.85 bits per heavy atom. The van der Waals surface area contributed by atoms with Crippen LogP contribution in [-0.2, 0) is 4.74 Å². The highest BCUT2D eigenvalue weighted by molar-refractivity contribution is 4.69. The van der Waals surface area contributed by atoms with Crippen molar-refractivity contribution >= 4 is 0 Å². The predicted molar refractivity (Wildman–Crippen MR) is 91.2 cm³/mol. The van der Waals surface area contributed by atoms with E-state index in [1.165, 1.54) is 51.4 Å². The minimum Gasteiger partial charge on any atom is -0.379 e. The first-order valence-electron chi connectivity index (χ1n) is 9.18. The SMILES string of the molecule is CCCCCC(CCCC(CC)C(C)OCC)C(C)C. The predicted octanol–water partition coefficient (Wildman–Crippen LogP) is 6.46. The standard InChI is InChI=1S/C19H40O/c1-7-10-11-13-19(16(4)5)15-12-14-18(8-2)17(6)20-9-3/h16-19H,7-15H2,1-6H3. The van der Waals surface area contributed by atoms with Gasteiger partial charge in [-0.05, 0) is 38.0 Å². The number of unbranched alkanes of at least 4 members (excludes halogenated alkanes) is 2. The van der Waals surface area contributed by atoms with Crippen LogP contribution in [0.15, 0.2) is 0 Å². The summed E-state index contributed by atoms with van der Waals surface area (Å²) in [4.78, 5) is 0. The molecule has 0 saturated heterocycles. The van der Waals surface area contributed by atoms with Crippen LogP contribution in [0.4, 0.5) is 0 Å². The van der Waals surface area contributed by atoms with Gasteiger partial charge >= 0.3 is 0 Å².